The number of alkyl halides is 2. The van der Waals surface area contributed by atoms with Crippen molar-refractivity contribution in [3.63, 3.8) is 0 Å². The molecule has 0 aliphatic carbocycles. The molecular weight excluding hydrogens is 151 g/mol. The van der Waals surface area contributed by atoms with Crippen molar-refractivity contribution in [2.75, 3.05) is 13.7 Å². The van der Waals surface area contributed by atoms with Gasteiger partial charge in [0.05, 0.1) is 0 Å². The molecule has 0 aromatic carbocycles. The lowest BCUT2D eigenvalue weighted by molar-refractivity contribution is -0.0958. The van der Waals surface area contributed by atoms with Crippen LogP contribution in [-0.2, 0) is 9.47 Å². The highest BCUT2D eigenvalue weighted by atomic mass is 35.5. The van der Waals surface area contributed by atoms with Gasteiger partial charge >= 0.3 is 4.71 Å². The van der Waals surface area contributed by atoms with Crippen LogP contribution in [-0.4, -0.2) is 18.4 Å². The van der Waals surface area contributed by atoms with Crippen molar-refractivity contribution < 1.29 is 9.47 Å². The van der Waals surface area contributed by atoms with Crippen LogP contribution in [0.15, 0.2) is 0 Å². The van der Waals surface area contributed by atoms with Crippen LogP contribution in [0.25, 0.3) is 0 Å². The minimum absolute atomic E-state index is 0.431. The summed E-state index contributed by atoms with van der Waals surface area (Å²) in [7, 11) is 1.37. The number of ether oxygens (including phenoxy) is 2. The van der Waals surface area contributed by atoms with Gasteiger partial charge in [0, 0.05) is 13.7 Å². The van der Waals surface area contributed by atoms with E-state index in [0.29, 0.717) is 6.61 Å². The van der Waals surface area contributed by atoms with Gasteiger partial charge in [-0.25, -0.2) is 0 Å². The molecule has 0 fully saturated rings. The first kappa shape index (κ1) is 8.50. The maximum atomic E-state index is 5.34. The SMILES string of the molecule is CCOC(Cl)(Cl)OC. The predicted molar refractivity (Wildman–Crippen MR) is 33.1 cm³/mol. The summed E-state index contributed by atoms with van der Waals surface area (Å²) in [5.41, 5.74) is 0. The molecule has 50 valence electrons. The van der Waals surface area contributed by atoms with E-state index >= 15 is 0 Å². The Morgan fingerprint density at radius 2 is 2.00 bits per heavy atom. The van der Waals surface area contributed by atoms with Crippen molar-refractivity contribution >= 4 is 23.2 Å². The summed E-state index contributed by atoms with van der Waals surface area (Å²) in [5.74, 6) is 0. The molecule has 0 aliphatic heterocycles. The van der Waals surface area contributed by atoms with Gasteiger partial charge in [-0.3, -0.25) is 0 Å². The van der Waals surface area contributed by atoms with Gasteiger partial charge in [0.25, 0.3) is 0 Å². The lowest BCUT2D eigenvalue weighted by atomic mass is 10.9. The molecule has 0 saturated carbocycles. The third kappa shape index (κ3) is 3.50. The first-order valence-corrected chi connectivity index (χ1v) is 2.95. The maximum absolute atomic E-state index is 5.34. The van der Waals surface area contributed by atoms with Gasteiger partial charge in [0.1, 0.15) is 0 Å². The molecule has 4 heteroatoms. The number of hydrogen-bond acceptors (Lipinski definition) is 2. The summed E-state index contributed by atoms with van der Waals surface area (Å²) in [6.07, 6.45) is 0. The normalized spacial score (nSPS) is 12.0. The molecule has 0 saturated heterocycles. The Morgan fingerprint density at radius 3 is 2.12 bits per heavy atom. The molecule has 0 aromatic rings. The standard InChI is InChI=1S/C4H8Cl2O2/c1-3-8-4(5,6)7-2/h3H2,1-2H3. The summed E-state index contributed by atoms with van der Waals surface area (Å²) in [4.78, 5) is 0. The molecule has 2 nitrogen and oxygen atoms in total. The van der Waals surface area contributed by atoms with Crippen molar-refractivity contribution in [2.24, 2.45) is 0 Å². The number of hydrogen-bond donors (Lipinski definition) is 0. The van der Waals surface area contributed by atoms with E-state index in [1.807, 2.05) is 0 Å². The molecule has 0 heterocycles. The summed E-state index contributed by atoms with van der Waals surface area (Å²) in [6.45, 7) is 2.21. The quantitative estimate of drug-likeness (QED) is 0.461. The maximum Gasteiger partial charge on any atom is 0.331 e. The Kier molecular flexibility index (Phi) is 3.73. The molecule has 0 rings (SSSR count). The number of rotatable bonds is 3. The van der Waals surface area contributed by atoms with Crippen molar-refractivity contribution in [1.82, 2.24) is 0 Å². The summed E-state index contributed by atoms with van der Waals surface area (Å²) < 4.78 is 7.71. The zero-order valence-corrected chi connectivity index (χ0v) is 6.29. The van der Waals surface area contributed by atoms with Crippen LogP contribution < -0.4 is 0 Å². The molecule has 0 aliphatic rings. The van der Waals surface area contributed by atoms with Gasteiger partial charge in [-0.15, -0.1) is 0 Å². The van der Waals surface area contributed by atoms with Gasteiger partial charge < -0.3 is 9.47 Å². The van der Waals surface area contributed by atoms with E-state index < -0.39 is 4.71 Å². The van der Waals surface area contributed by atoms with Crippen LogP contribution in [0.3, 0.4) is 0 Å². The fourth-order valence-corrected chi connectivity index (χ4v) is 0.445. The minimum atomic E-state index is -1.46. The minimum Gasteiger partial charge on any atom is -0.328 e. The van der Waals surface area contributed by atoms with Gasteiger partial charge in [-0.05, 0) is 30.1 Å². The van der Waals surface area contributed by atoms with Crippen LogP contribution in [0.1, 0.15) is 6.92 Å². The largest absolute Gasteiger partial charge is 0.331 e. The molecule has 0 atom stereocenters. The fourth-order valence-electron chi connectivity index (χ4n) is 0.227. The van der Waals surface area contributed by atoms with E-state index in [4.69, 9.17) is 23.2 Å². The Morgan fingerprint density at radius 1 is 1.50 bits per heavy atom. The Hall–Kier alpha value is 0.500. The Labute approximate surface area is 58.7 Å². The summed E-state index contributed by atoms with van der Waals surface area (Å²) in [6, 6.07) is 0. The van der Waals surface area contributed by atoms with Crippen molar-refractivity contribution in [3.8, 4) is 0 Å². The molecule has 8 heavy (non-hydrogen) atoms. The van der Waals surface area contributed by atoms with Crippen molar-refractivity contribution in [1.29, 1.82) is 0 Å². The monoisotopic (exact) mass is 158 g/mol. The van der Waals surface area contributed by atoms with Crippen molar-refractivity contribution in [2.45, 2.75) is 11.6 Å². The average molecular weight is 159 g/mol. The Balaban J connectivity index is 3.37. The van der Waals surface area contributed by atoms with E-state index in [0.717, 1.165) is 0 Å². The smallest absolute Gasteiger partial charge is 0.328 e. The molecule has 0 bridgehead atoms. The van der Waals surface area contributed by atoms with Crippen LogP contribution >= 0.6 is 23.2 Å². The molecule has 0 amide bonds. The number of methoxy groups -OCH3 is 1. The van der Waals surface area contributed by atoms with Gasteiger partial charge in [0.2, 0.25) is 0 Å². The summed E-state index contributed by atoms with van der Waals surface area (Å²) >= 11 is 10.7. The molecule has 0 radical (unpaired) electrons. The molecular formula is C4H8Cl2O2. The van der Waals surface area contributed by atoms with E-state index in [-0.39, 0.29) is 0 Å². The zero-order chi connectivity index (χ0) is 6.62. The molecule has 0 N–H and O–H groups in total. The highest BCUT2D eigenvalue weighted by Crippen LogP contribution is 2.22. The first-order valence-electron chi connectivity index (χ1n) is 2.19. The van der Waals surface area contributed by atoms with E-state index in [2.05, 4.69) is 9.47 Å². The molecule has 0 spiro atoms. The van der Waals surface area contributed by atoms with Crippen LogP contribution in [0.4, 0.5) is 0 Å². The third-order valence-electron chi connectivity index (χ3n) is 0.550. The molecule has 0 unspecified atom stereocenters. The topological polar surface area (TPSA) is 18.5 Å². The second-order valence-corrected chi connectivity index (χ2v) is 2.29. The van der Waals surface area contributed by atoms with E-state index in [1.54, 1.807) is 6.92 Å². The van der Waals surface area contributed by atoms with E-state index in [1.165, 1.54) is 7.11 Å². The fraction of sp³-hybridized carbons (Fsp3) is 1.00. The highest BCUT2D eigenvalue weighted by molar-refractivity contribution is 6.46. The number of halogens is 2. The Bertz CT molecular complexity index is 65.1. The highest BCUT2D eigenvalue weighted by Gasteiger charge is 2.22. The average Bonchev–Trinajstić information content (AvgIpc) is 1.67. The first-order chi connectivity index (χ1) is 3.62. The lowest BCUT2D eigenvalue weighted by Gasteiger charge is -2.15. The zero-order valence-electron chi connectivity index (χ0n) is 4.78. The van der Waals surface area contributed by atoms with Crippen LogP contribution in [0, 0.1) is 0 Å². The lowest BCUT2D eigenvalue weighted by Crippen LogP contribution is -2.19. The van der Waals surface area contributed by atoms with Gasteiger partial charge in [-0.2, -0.15) is 0 Å². The van der Waals surface area contributed by atoms with E-state index in [9.17, 15) is 0 Å². The third-order valence-corrected chi connectivity index (χ3v) is 1.08. The predicted octanol–water partition coefficient (Wildman–Crippen LogP) is 1.76. The van der Waals surface area contributed by atoms with Crippen molar-refractivity contribution in [3.05, 3.63) is 0 Å². The second kappa shape index (κ2) is 3.51. The second-order valence-electron chi connectivity index (χ2n) is 1.10. The van der Waals surface area contributed by atoms with Gasteiger partial charge in [0.15, 0.2) is 0 Å². The van der Waals surface area contributed by atoms with Gasteiger partial charge in [-0.1, -0.05) is 0 Å². The summed E-state index contributed by atoms with van der Waals surface area (Å²) in [5, 5.41) is 0. The molecule has 0 aromatic heterocycles. The van der Waals surface area contributed by atoms with Crippen LogP contribution in [0.2, 0.25) is 0 Å². The van der Waals surface area contributed by atoms with Crippen LogP contribution in [0.5, 0.6) is 0 Å².